The van der Waals surface area contributed by atoms with Gasteiger partial charge in [-0.3, -0.25) is 0 Å². The lowest BCUT2D eigenvalue weighted by Crippen LogP contribution is -2.00. The fraction of sp³-hybridized carbons (Fsp3) is 0.0909. The van der Waals surface area contributed by atoms with E-state index in [1.165, 1.54) is 0 Å². The second kappa shape index (κ2) is 4.55. The summed E-state index contributed by atoms with van der Waals surface area (Å²) in [6.45, 7) is 1.81. The minimum Gasteiger partial charge on any atom is -0.436 e. The first-order valence-corrected chi connectivity index (χ1v) is 5.16. The normalized spacial score (nSPS) is 10.3. The van der Waals surface area contributed by atoms with Crippen LogP contribution in [-0.4, -0.2) is 9.97 Å². The number of rotatable bonds is 2. The van der Waals surface area contributed by atoms with Crippen molar-refractivity contribution < 1.29 is 9.13 Å². The summed E-state index contributed by atoms with van der Waals surface area (Å²) in [5, 5.41) is 0.494. The Balaban J connectivity index is 2.37. The van der Waals surface area contributed by atoms with Gasteiger partial charge < -0.3 is 10.5 Å². The van der Waals surface area contributed by atoms with E-state index in [0.29, 0.717) is 10.8 Å². The molecule has 0 fully saturated rings. The van der Waals surface area contributed by atoms with Crippen LogP contribution in [0.2, 0.25) is 5.02 Å². The Labute approximate surface area is 102 Å². The molecule has 0 unspecified atom stereocenters. The fourth-order valence-electron chi connectivity index (χ4n) is 1.22. The first-order valence-electron chi connectivity index (χ1n) is 4.78. The van der Waals surface area contributed by atoms with Gasteiger partial charge in [-0.05, 0) is 24.6 Å². The van der Waals surface area contributed by atoms with E-state index in [0.717, 1.165) is 11.8 Å². The number of ether oxygens (including phenoxy) is 1. The van der Waals surface area contributed by atoms with Gasteiger partial charge in [-0.25, -0.2) is 4.98 Å². The van der Waals surface area contributed by atoms with Crippen LogP contribution in [0.4, 0.5) is 10.3 Å². The summed E-state index contributed by atoms with van der Waals surface area (Å²) in [6.07, 6.45) is 0.956. The number of nitrogens with two attached hydrogens (primary N) is 1. The van der Waals surface area contributed by atoms with Crippen molar-refractivity contribution >= 4 is 17.5 Å². The predicted molar refractivity (Wildman–Crippen MR) is 62.7 cm³/mol. The SMILES string of the molecule is Cc1ccc(Cl)cc1Oc1nc(N)ncc1F. The summed E-state index contributed by atoms with van der Waals surface area (Å²) < 4.78 is 18.7. The molecule has 2 N–H and O–H groups in total. The van der Waals surface area contributed by atoms with Gasteiger partial charge in [-0.2, -0.15) is 9.37 Å². The van der Waals surface area contributed by atoms with Gasteiger partial charge in [0.1, 0.15) is 5.75 Å². The van der Waals surface area contributed by atoms with Crippen LogP contribution < -0.4 is 10.5 Å². The molecule has 6 heteroatoms. The average molecular weight is 254 g/mol. The van der Waals surface area contributed by atoms with Crippen molar-refractivity contribution in [1.82, 2.24) is 9.97 Å². The van der Waals surface area contributed by atoms with E-state index in [1.54, 1.807) is 18.2 Å². The number of nitrogen functional groups attached to an aromatic ring is 1. The molecule has 0 saturated carbocycles. The number of aromatic nitrogens is 2. The molecule has 0 aliphatic heterocycles. The van der Waals surface area contributed by atoms with Crippen LogP contribution >= 0.6 is 11.6 Å². The Bertz CT molecular complexity index is 513. The van der Waals surface area contributed by atoms with Crippen LogP contribution in [0.5, 0.6) is 11.6 Å². The molecule has 0 saturated heterocycles. The average Bonchev–Trinajstić information content (AvgIpc) is 2.28. The van der Waals surface area contributed by atoms with Gasteiger partial charge in [0.15, 0.2) is 0 Å². The van der Waals surface area contributed by atoms with Gasteiger partial charge in [-0.1, -0.05) is 17.7 Å². The fourth-order valence-corrected chi connectivity index (χ4v) is 1.39. The van der Waals surface area contributed by atoms with E-state index in [-0.39, 0.29) is 11.8 Å². The number of aryl methyl sites for hydroxylation is 1. The lowest BCUT2D eigenvalue weighted by Gasteiger charge is -2.08. The summed E-state index contributed by atoms with van der Waals surface area (Å²) >= 11 is 5.82. The molecule has 17 heavy (non-hydrogen) atoms. The van der Waals surface area contributed by atoms with Crippen molar-refractivity contribution in [3.05, 3.63) is 40.8 Å². The zero-order chi connectivity index (χ0) is 12.4. The Morgan fingerprint density at radius 1 is 1.41 bits per heavy atom. The molecular formula is C11H9ClFN3O. The molecule has 0 radical (unpaired) electrons. The monoisotopic (exact) mass is 253 g/mol. The Morgan fingerprint density at radius 3 is 2.94 bits per heavy atom. The lowest BCUT2D eigenvalue weighted by atomic mass is 10.2. The van der Waals surface area contributed by atoms with E-state index in [9.17, 15) is 4.39 Å². The molecule has 2 rings (SSSR count). The summed E-state index contributed by atoms with van der Waals surface area (Å²) in [6, 6.07) is 5.06. The van der Waals surface area contributed by atoms with Crippen LogP contribution in [0, 0.1) is 12.7 Å². The second-order valence-corrected chi connectivity index (χ2v) is 3.83. The topological polar surface area (TPSA) is 61.0 Å². The van der Waals surface area contributed by atoms with Crippen molar-refractivity contribution in [3.63, 3.8) is 0 Å². The van der Waals surface area contributed by atoms with E-state index in [4.69, 9.17) is 22.1 Å². The number of hydrogen-bond acceptors (Lipinski definition) is 4. The van der Waals surface area contributed by atoms with Crippen LogP contribution in [0.3, 0.4) is 0 Å². The Morgan fingerprint density at radius 2 is 2.18 bits per heavy atom. The highest BCUT2D eigenvalue weighted by Crippen LogP contribution is 2.28. The molecule has 0 amide bonds. The number of anilines is 1. The maximum Gasteiger partial charge on any atom is 0.260 e. The molecule has 0 atom stereocenters. The summed E-state index contributed by atoms with van der Waals surface area (Å²) in [4.78, 5) is 7.17. The summed E-state index contributed by atoms with van der Waals surface area (Å²) in [5.41, 5.74) is 6.17. The van der Waals surface area contributed by atoms with Crippen molar-refractivity contribution in [3.8, 4) is 11.6 Å². The van der Waals surface area contributed by atoms with Gasteiger partial charge >= 0.3 is 0 Å². The molecule has 0 aliphatic rings. The zero-order valence-electron chi connectivity index (χ0n) is 8.95. The van der Waals surface area contributed by atoms with Gasteiger partial charge in [-0.15, -0.1) is 0 Å². The predicted octanol–water partition coefficient (Wildman–Crippen LogP) is 2.95. The van der Waals surface area contributed by atoms with Crippen molar-refractivity contribution in [2.75, 3.05) is 5.73 Å². The maximum absolute atomic E-state index is 13.3. The minimum absolute atomic E-state index is 0.0546. The first-order chi connectivity index (χ1) is 8.06. The standard InChI is InChI=1S/C11H9ClFN3O/c1-6-2-3-7(12)4-9(6)17-10-8(13)5-15-11(14)16-10/h2-5H,1H3,(H2,14,15,16). The first kappa shape index (κ1) is 11.6. The van der Waals surface area contributed by atoms with Crippen LogP contribution in [0.25, 0.3) is 0 Å². The van der Waals surface area contributed by atoms with E-state index >= 15 is 0 Å². The lowest BCUT2D eigenvalue weighted by molar-refractivity contribution is 0.418. The molecule has 0 spiro atoms. The largest absolute Gasteiger partial charge is 0.436 e. The molecule has 2 aromatic rings. The van der Waals surface area contributed by atoms with Crippen molar-refractivity contribution in [2.45, 2.75) is 6.92 Å². The van der Waals surface area contributed by atoms with Gasteiger partial charge in [0.25, 0.3) is 5.88 Å². The highest BCUT2D eigenvalue weighted by Gasteiger charge is 2.10. The highest BCUT2D eigenvalue weighted by molar-refractivity contribution is 6.30. The van der Waals surface area contributed by atoms with Gasteiger partial charge in [0.2, 0.25) is 11.8 Å². The molecule has 0 bridgehead atoms. The molecule has 1 aromatic heterocycles. The third kappa shape index (κ3) is 2.62. The summed E-state index contributed by atoms with van der Waals surface area (Å²) in [5.74, 6) is -0.531. The second-order valence-electron chi connectivity index (χ2n) is 3.39. The van der Waals surface area contributed by atoms with Gasteiger partial charge in [0, 0.05) is 5.02 Å². The Kier molecular flexibility index (Phi) is 3.10. The molecule has 88 valence electrons. The Hall–Kier alpha value is -1.88. The summed E-state index contributed by atoms with van der Waals surface area (Å²) in [7, 11) is 0. The molecular weight excluding hydrogens is 245 g/mol. The van der Waals surface area contributed by atoms with Crippen LogP contribution in [0.1, 0.15) is 5.56 Å². The number of benzene rings is 1. The van der Waals surface area contributed by atoms with Crippen molar-refractivity contribution in [2.24, 2.45) is 0 Å². The highest BCUT2D eigenvalue weighted by atomic mass is 35.5. The molecule has 1 heterocycles. The minimum atomic E-state index is -0.682. The van der Waals surface area contributed by atoms with E-state index in [1.807, 2.05) is 6.92 Å². The van der Waals surface area contributed by atoms with Crippen molar-refractivity contribution in [1.29, 1.82) is 0 Å². The quantitative estimate of drug-likeness (QED) is 0.894. The number of halogens is 2. The third-order valence-corrected chi connectivity index (χ3v) is 2.32. The molecule has 0 aliphatic carbocycles. The smallest absolute Gasteiger partial charge is 0.260 e. The number of nitrogens with zero attached hydrogens (tertiary/aromatic N) is 2. The zero-order valence-corrected chi connectivity index (χ0v) is 9.70. The van der Waals surface area contributed by atoms with Gasteiger partial charge in [0.05, 0.1) is 6.20 Å². The molecule has 4 nitrogen and oxygen atoms in total. The van der Waals surface area contributed by atoms with E-state index < -0.39 is 5.82 Å². The van der Waals surface area contributed by atoms with Crippen LogP contribution in [-0.2, 0) is 0 Å². The maximum atomic E-state index is 13.3. The van der Waals surface area contributed by atoms with Crippen LogP contribution in [0.15, 0.2) is 24.4 Å². The molecule has 1 aromatic carbocycles. The number of hydrogen-bond donors (Lipinski definition) is 1. The van der Waals surface area contributed by atoms with E-state index in [2.05, 4.69) is 9.97 Å². The third-order valence-electron chi connectivity index (χ3n) is 2.09.